The maximum absolute atomic E-state index is 12.8. The highest BCUT2D eigenvalue weighted by Crippen LogP contribution is 2.22. The Morgan fingerprint density at radius 3 is 2.84 bits per heavy atom. The van der Waals surface area contributed by atoms with Gasteiger partial charge in [-0.25, -0.2) is 9.18 Å². The summed E-state index contributed by atoms with van der Waals surface area (Å²) >= 11 is 5.79. The highest BCUT2D eigenvalue weighted by atomic mass is 35.5. The molecule has 2 amide bonds. The smallest absolute Gasteiger partial charge is 0.319 e. The van der Waals surface area contributed by atoms with Crippen LogP contribution in [0.15, 0.2) is 18.2 Å². The predicted octanol–water partition coefficient (Wildman–Crippen LogP) is 3.42. The molecular formula is C13H18ClFN2O2. The van der Waals surface area contributed by atoms with Gasteiger partial charge in [0.25, 0.3) is 0 Å². The molecular weight excluding hydrogens is 271 g/mol. The normalized spacial score (nSPS) is 10.6. The van der Waals surface area contributed by atoms with Crippen molar-refractivity contribution in [3.8, 4) is 0 Å². The molecule has 106 valence electrons. The Morgan fingerprint density at radius 2 is 2.21 bits per heavy atom. The lowest BCUT2D eigenvalue weighted by Gasteiger charge is -2.10. The molecule has 0 unspecified atom stereocenters. The Balaban J connectivity index is 2.27. The minimum atomic E-state index is -0.443. The zero-order chi connectivity index (χ0) is 14.3. The summed E-state index contributed by atoms with van der Waals surface area (Å²) in [5.74, 6) is -0.443. The highest BCUT2D eigenvalue weighted by molar-refractivity contribution is 6.33. The molecule has 19 heavy (non-hydrogen) atoms. The third kappa shape index (κ3) is 6.40. The monoisotopic (exact) mass is 288 g/mol. The molecule has 2 N–H and O–H groups in total. The second-order valence-corrected chi connectivity index (χ2v) is 4.69. The number of amides is 2. The van der Waals surface area contributed by atoms with Gasteiger partial charge in [0.2, 0.25) is 0 Å². The van der Waals surface area contributed by atoms with Crippen molar-refractivity contribution < 1.29 is 13.9 Å². The minimum absolute atomic E-state index is 0.165. The van der Waals surface area contributed by atoms with Gasteiger partial charge in [-0.05, 0) is 38.5 Å². The largest absolute Gasteiger partial charge is 0.379 e. The van der Waals surface area contributed by atoms with E-state index in [0.717, 1.165) is 12.5 Å². The first-order chi connectivity index (χ1) is 8.99. The lowest BCUT2D eigenvalue weighted by molar-refractivity contribution is 0.0775. The molecule has 0 aliphatic heterocycles. The fourth-order valence-corrected chi connectivity index (χ4v) is 1.56. The second kappa shape index (κ2) is 7.96. The van der Waals surface area contributed by atoms with Gasteiger partial charge in [-0.2, -0.15) is 0 Å². The van der Waals surface area contributed by atoms with Gasteiger partial charge in [0, 0.05) is 13.2 Å². The van der Waals surface area contributed by atoms with E-state index in [2.05, 4.69) is 10.6 Å². The molecule has 0 fully saturated rings. The summed E-state index contributed by atoms with van der Waals surface area (Å²) in [7, 11) is 0. The number of ether oxygens (including phenoxy) is 1. The number of carbonyl (C=O) groups excluding carboxylic acids is 1. The fraction of sp³-hybridized carbons (Fsp3) is 0.462. The highest BCUT2D eigenvalue weighted by Gasteiger charge is 2.05. The Bertz CT molecular complexity index is 427. The number of hydrogen-bond donors (Lipinski definition) is 2. The van der Waals surface area contributed by atoms with Crippen LogP contribution in [-0.2, 0) is 4.74 Å². The number of halogens is 2. The zero-order valence-corrected chi connectivity index (χ0v) is 11.8. The summed E-state index contributed by atoms with van der Waals surface area (Å²) in [6, 6.07) is 3.42. The lowest BCUT2D eigenvalue weighted by atomic mass is 10.3. The third-order valence-corrected chi connectivity index (χ3v) is 2.55. The molecule has 0 heterocycles. The maximum atomic E-state index is 12.8. The topological polar surface area (TPSA) is 50.4 Å². The zero-order valence-electron chi connectivity index (χ0n) is 11.0. The van der Waals surface area contributed by atoms with Crippen molar-refractivity contribution in [3.05, 3.63) is 29.0 Å². The first kappa shape index (κ1) is 15.7. The quantitative estimate of drug-likeness (QED) is 0.788. The van der Waals surface area contributed by atoms with Gasteiger partial charge in [0.1, 0.15) is 5.82 Å². The first-order valence-corrected chi connectivity index (χ1v) is 6.48. The maximum Gasteiger partial charge on any atom is 0.319 e. The van der Waals surface area contributed by atoms with Crippen LogP contribution in [0.1, 0.15) is 20.3 Å². The third-order valence-electron chi connectivity index (χ3n) is 2.24. The van der Waals surface area contributed by atoms with E-state index in [1.807, 2.05) is 13.8 Å². The van der Waals surface area contributed by atoms with E-state index in [-0.39, 0.29) is 17.2 Å². The van der Waals surface area contributed by atoms with Gasteiger partial charge < -0.3 is 15.4 Å². The Kier molecular flexibility index (Phi) is 6.59. The van der Waals surface area contributed by atoms with Gasteiger partial charge in [-0.1, -0.05) is 11.6 Å². The van der Waals surface area contributed by atoms with Crippen molar-refractivity contribution in [3.63, 3.8) is 0 Å². The molecule has 0 aromatic heterocycles. The molecule has 1 aromatic rings. The molecule has 4 nitrogen and oxygen atoms in total. The van der Waals surface area contributed by atoms with Gasteiger partial charge in [0.05, 0.1) is 16.8 Å². The SMILES string of the molecule is CC(C)OCCCNC(=O)Nc1ccc(F)cc1Cl. The number of urea groups is 1. The van der Waals surface area contributed by atoms with Crippen LogP contribution in [-0.4, -0.2) is 25.3 Å². The first-order valence-electron chi connectivity index (χ1n) is 6.10. The van der Waals surface area contributed by atoms with Crippen LogP contribution in [0.5, 0.6) is 0 Å². The summed E-state index contributed by atoms with van der Waals surface area (Å²) in [6.45, 7) is 5.00. The van der Waals surface area contributed by atoms with Crippen molar-refractivity contribution >= 4 is 23.3 Å². The van der Waals surface area contributed by atoms with Crippen LogP contribution < -0.4 is 10.6 Å². The Labute approximate surface area is 117 Å². The van der Waals surface area contributed by atoms with Crippen molar-refractivity contribution in [2.75, 3.05) is 18.5 Å². The fourth-order valence-electron chi connectivity index (χ4n) is 1.35. The summed E-state index contributed by atoms with van der Waals surface area (Å²) < 4.78 is 18.2. The summed E-state index contributed by atoms with van der Waals surface area (Å²) in [4.78, 5) is 11.5. The lowest BCUT2D eigenvalue weighted by Crippen LogP contribution is -2.30. The standard InChI is InChI=1S/C13H18ClFN2O2/c1-9(2)19-7-3-6-16-13(18)17-12-5-4-10(15)8-11(12)14/h4-5,8-9H,3,6-7H2,1-2H3,(H2,16,17,18). The molecule has 0 bridgehead atoms. The Hall–Kier alpha value is -1.33. The average Bonchev–Trinajstić information content (AvgIpc) is 2.32. The molecule has 0 atom stereocenters. The Morgan fingerprint density at radius 1 is 1.47 bits per heavy atom. The molecule has 0 saturated carbocycles. The second-order valence-electron chi connectivity index (χ2n) is 4.28. The minimum Gasteiger partial charge on any atom is -0.379 e. The van der Waals surface area contributed by atoms with E-state index < -0.39 is 5.82 Å². The van der Waals surface area contributed by atoms with Gasteiger partial charge >= 0.3 is 6.03 Å². The van der Waals surface area contributed by atoms with E-state index in [1.54, 1.807) is 0 Å². The van der Waals surface area contributed by atoms with Crippen LogP contribution in [0, 0.1) is 5.82 Å². The number of nitrogens with one attached hydrogen (secondary N) is 2. The van der Waals surface area contributed by atoms with Crippen molar-refractivity contribution in [2.24, 2.45) is 0 Å². The van der Waals surface area contributed by atoms with Crippen LogP contribution in [0.3, 0.4) is 0 Å². The molecule has 6 heteroatoms. The van der Waals surface area contributed by atoms with Crippen LogP contribution in [0.25, 0.3) is 0 Å². The van der Waals surface area contributed by atoms with E-state index >= 15 is 0 Å². The van der Waals surface area contributed by atoms with Gasteiger partial charge in [-0.3, -0.25) is 0 Å². The molecule has 0 aliphatic rings. The van der Waals surface area contributed by atoms with E-state index in [0.29, 0.717) is 18.8 Å². The predicted molar refractivity (Wildman–Crippen MR) is 74.1 cm³/mol. The molecule has 0 aliphatic carbocycles. The molecule has 1 aromatic carbocycles. The van der Waals surface area contributed by atoms with Crippen LogP contribution in [0.2, 0.25) is 5.02 Å². The summed E-state index contributed by atoms with van der Waals surface area (Å²) in [6.07, 6.45) is 0.912. The molecule has 1 rings (SSSR count). The van der Waals surface area contributed by atoms with Crippen molar-refractivity contribution in [1.29, 1.82) is 0 Å². The number of carbonyl (C=O) groups is 1. The van der Waals surface area contributed by atoms with E-state index in [4.69, 9.17) is 16.3 Å². The summed E-state index contributed by atoms with van der Waals surface area (Å²) in [5.41, 5.74) is 0.374. The van der Waals surface area contributed by atoms with E-state index in [9.17, 15) is 9.18 Å². The number of hydrogen-bond acceptors (Lipinski definition) is 2. The molecule has 0 radical (unpaired) electrons. The number of benzene rings is 1. The average molecular weight is 289 g/mol. The van der Waals surface area contributed by atoms with E-state index in [1.165, 1.54) is 12.1 Å². The van der Waals surface area contributed by atoms with Crippen LogP contribution >= 0.6 is 11.6 Å². The van der Waals surface area contributed by atoms with Gasteiger partial charge in [0.15, 0.2) is 0 Å². The van der Waals surface area contributed by atoms with Crippen molar-refractivity contribution in [2.45, 2.75) is 26.4 Å². The summed E-state index contributed by atoms with van der Waals surface area (Å²) in [5, 5.41) is 5.38. The van der Waals surface area contributed by atoms with Crippen LogP contribution in [0.4, 0.5) is 14.9 Å². The number of rotatable bonds is 6. The van der Waals surface area contributed by atoms with Gasteiger partial charge in [-0.15, -0.1) is 0 Å². The number of anilines is 1. The van der Waals surface area contributed by atoms with Crippen molar-refractivity contribution in [1.82, 2.24) is 5.32 Å². The molecule has 0 spiro atoms. The molecule has 0 saturated heterocycles.